The number of nitrogens with one attached hydrogen (secondary N) is 1. The number of aliphatic hydroxyl groups excluding tert-OH is 1. The maximum Gasteiger partial charge on any atom is 0.228 e. The number of allylic oxidation sites excluding steroid dienone is 4. The van der Waals surface area contributed by atoms with E-state index in [4.69, 9.17) is 0 Å². The highest BCUT2D eigenvalue weighted by molar-refractivity contribution is 6.04. The smallest absolute Gasteiger partial charge is 0.228 e. The number of aliphatic hydroxyl groups is 1. The molecule has 0 radical (unpaired) electrons. The van der Waals surface area contributed by atoms with Gasteiger partial charge >= 0.3 is 0 Å². The summed E-state index contributed by atoms with van der Waals surface area (Å²) in [5, 5.41) is 25.3. The lowest BCUT2D eigenvalue weighted by molar-refractivity contribution is -0.203. The Morgan fingerprint density at radius 1 is 1.09 bits per heavy atom. The van der Waals surface area contributed by atoms with Crippen LogP contribution in [0.3, 0.4) is 0 Å². The summed E-state index contributed by atoms with van der Waals surface area (Å²) in [7, 11) is 0. The summed E-state index contributed by atoms with van der Waals surface area (Å²) in [6.45, 7) is 15.9. The van der Waals surface area contributed by atoms with Crippen molar-refractivity contribution in [3.05, 3.63) is 42.0 Å². The summed E-state index contributed by atoms with van der Waals surface area (Å²) >= 11 is 0. The van der Waals surface area contributed by atoms with Crippen molar-refractivity contribution in [1.82, 2.24) is 14.9 Å². The predicted octanol–water partition coefficient (Wildman–Crippen LogP) is 5.58. The van der Waals surface area contributed by atoms with Crippen LogP contribution in [-0.2, 0) is 20.9 Å². The first-order valence-electron chi connectivity index (χ1n) is 16.9. The van der Waals surface area contributed by atoms with E-state index in [-0.39, 0.29) is 45.7 Å². The predicted molar refractivity (Wildman–Crippen MR) is 170 cm³/mol. The molecule has 8 heteroatoms. The van der Waals surface area contributed by atoms with Gasteiger partial charge < -0.3 is 15.0 Å². The number of aromatic nitrogens is 2. The van der Waals surface area contributed by atoms with Gasteiger partial charge in [0.05, 0.1) is 23.4 Å². The Morgan fingerprint density at radius 2 is 1.80 bits per heavy atom. The second-order valence-corrected chi connectivity index (χ2v) is 16.7. The van der Waals surface area contributed by atoms with Crippen molar-refractivity contribution < 1.29 is 19.5 Å². The van der Waals surface area contributed by atoms with Crippen molar-refractivity contribution in [2.75, 3.05) is 6.54 Å². The first-order chi connectivity index (χ1) is 21.0. The normalized spacial score (nSPS) is 43.4. The van der Waals surface area contributed by atoms with Crippen LogP contribution in [0.2, 0.25) is 0 Å². The van der Waals surface area contributed by atoms with E-state index in [2.05, 4.69) is 44.1 Å². The van der Waals surface area contributed by atoms with Crippen molar-refractivity contribution in [3.8, 4) is 6.07 Å². The van der Waals surface area contributed by atoms with E-state index in [1.807, 2.05) is 43.7 Å². The number of amides is 1. The summed E-state index contributed by atoms with van der Waals surface area (Å²) in [4.78, 5) is 45.8. The zero-order valence-electron chi connectivity index (χ0n) is 28.1. The second-order valence-electron chi connectivity index (χ2n) is 16.7. The minimum atomic E-state index is -0.996. The molecule has 0 aliphatic heterocycles. The van der Waals surface area contributed by atoms with Crippen LogP contribution in [0.25, 0.3) is 0 Å². The van der Waals surface area contributed by atoms with Gasteiger partial charge in [-0.3, -0.25) is 14.4 Å². The molecule has 0 aromatic carbocycles. The molecule has 1 heterocycles. The van der Waals surface area contributed by atoms with Crippen molar-refractivity contribution in [3.63, 3.8) is 0 Å². The Morgan fingerprint density at radius 3 is 2.47 bits per heavy atom. The minimum Gasteiger partial charge on any atom is -0.392 e. The van der Waals surface area contributed by atoms with Crippen LogP contribution in [0.15, 0.2) is 42.0 Å². The lowest BCUT2D eigenvalue weighted by Crippen LogP contribution is -2.68. The largest absolute Gasteiger partial charge is 0.392 e. The average molecular weight is 615 g/mol. The monoisotopic (exact) mass is 614 g/mol. The number of nitriles is 1. The fourth-order valence-corrected chi connectivity index (χ4v) is 11.1. The summed E-state index contributed by atoms with van der Waals surface area (Å²) in [5.41, 5.74) is -2.15. The molecular weight excluding hydrogens is 564 g/mol. The third-order valence-corrected chi connectivity index (χ3v) is 14.2. The SMILES string of the molecule is CC1(C)C(=O)C(C#N)=C[C@]2(C)C3=CC(=O)[C@H]4[C@H]5C(O)[C@@](C)(C(=O)NCCCn6ccnc6)CC[C@]5(C)CC[C@]4(C)[C@@]3(C)CC[C@@H]12. The van der Waals surface area contributed by atoms with E-state index in [1.54, 1.807) is 12.5 Å². The van der Waals surface area contributed by atoms with Crippen LogP contribution in [0, 0.1) is 61.6 Å². The highest BCUT2D eigenvalue weighted by atomic mass is 16.3. The summed E-state index contributed by atoms with van der Waals surface area (Å²) in [5.74, 6) is -1.02. The molecule has 45 heavy (non-hydrogen) atoms. The van der Waals surface area contributed by atoms with Crippen LogP contribution >= 0.6 is 0 Å². The van der Waals surface area contributed by atoms with Crippen molar-refractivity contribution in [1.29, 1.82) is 5.26 Å². The van der Waals surface area contributed by atoms with Gasteiger partial charge in [0, 0.05) is 48.1 Å². The Kier molecular flexibility index (Phi) is 7.25. The number of aryl methyl sites for hydroxylation is 1. The summed E-state index contributed by atoms with van der Waals surface area (Å²) in [6, 6.07) is 2.17. The van der Waals surface area contributed by atoms with Crippen molar-refractivity contribution in [2.45, 2.75) is 106 Å². The molecule has 1 unspecified atom stereocenters. The standard InChI is InChI=1S/C37H50N4O4/c1-32(2)25-9-10-36(6)26(35(25,5)20-23(21-38)29(32)43)19-24(42)27-28-30(44)34(4,13-11-33(28,3)12-14-37(27,36)7)31(45)40-15-8-17-41-18-16-39-22-41/h16,18-20,22,25,27-28,30,44H,8-15,17H2,1-7H3,(H,40,45)/t25-,27-,28-,30?,33+,34-,35-,36-,37-/m0/s1. The number of carbonyl (C=O) groups is 3. The van der Waals surface area contributed by atoms with E-state index < -0.39 is 33.7 Å². The van der Waals surface area contributed by atoms with Gasteiger partial charge in [-0.1, -0.05) is 53.2 Å². The molecular formula is C37H50N4O4. The molecule has 1 aromatic rings. The van der Waals surface area contributed by atoms with Crippen molar-refractivity contribution >= 4 is 17.5 Å². The number of fused-ring (bicyclic) bond motifs is 7. The summed E-state index contributed by atoms with van der Waals surface area (Å²) in [6.07, 6.45) is 13.6. The van der Waals surface area contributed by atoms with Gasteiger partial charge in [0.25, 0.3) is 0 Å². The van der Waals surface area contributed by atoms with Crippen LogP contribution in [0.1, 0.15) is 93.4 Å². The number of carbonyl (C=O) groups excluding carboxylic acids is 3. The number of nitrogens with zero attached hydrogens (tertiary/aromatic N) is 3. The Hall–Kier alpha value is -3.05. The number of hydrogen-bond acceptors (Lipinski definition) is 6. The molecule has 6 rings (SSSR count). The minimum absolute atomic E-state index is 0.0169. The average Bonchev–Trinajstić information content (AvgIpc) is 3.51. The first kappa shape index (κ1) is 31.9. The highest BCUT2D eigenvalue weighted by Crippen LogP contribution is 2.74. The zero-order valence-corrected chi connectivity index (χ0v) is 28.1. The van der Waals surface area contributed by atoms with Crippen LogP contribution in [-0.4, -0.2) is 44.8 Å². The van der Waals surface area contributed by atoms with E-state index in [0.717, 1.165) is 50.6 Å². The zero-order chi connectivity index (χ0) is 32.8. The lowest BCUT2D eigenvalue weighted by Gasteiger charge is -2.69. The fourth-order valence-electron chi connectivity index (χ4n) is 11.1. The maximum absolute atomic E-state index is 14.6. The fraction of sp³-hybridized carbons (Fsp3) is 0.703. The number of Topliss-reactive ketones (excluding diaryl/α,β-unsaturated/α-hetero) is 1. The molecule has 2 N–H and O–H groups in total. The number of rotatable bonds is 5. The van der Waals surface area contributed by atoms with Crippen LogP contribution < -0.4 is 5.32 Å². The Balaban J connectivity index is 1.35. The third-order valence-electron chi connectivity index (χ3n) is 14.2. The van der Waals surface area contributed by atoms with Gasteiger partial charge in [0.2, 0.25) is 5.91 Å². The van der Waals surface area contributed by atoms with E-state index in [1.165, 1.54) is 0 Å². The molecule has 242 valence electrons. The number of ketones is 2. The highest BCUT2D eigenvalue weighted by Gasteiger charge is 2.71. The van der Waals surface area contributed by atoms with Crippen LogP contribution in [0.4, 0.5) is 0 Å². The first-order valence-corrected chi connectivity index (χ1v) is 16.9. The molecule has 3 fully saturated rings. The van der Waals surface area contributed by atoms with Gasteiger partial charge in [0.15, 0.2) is 11.6 Å². The molecule has 9 atom stereocenters. The van der Waals surface area contributed by atoms with Gasteiger partial charge in [0.1, 0.15) is 6.07 Å². The Bertz CT molecular complexity index is 1540. The summed E-state index contributed by atoms with van der Waals surface area (Å²) < 4.78 is 1.98. The quantitative estimate of drug-likeness (QED) is 0.417. The second kappa shape index (κ2) is 10.2. The maximum atomic E-state index is 14.6. The van der Waals surface area contributed by atoms with Crippen molar-refractivity contribution in [2.24, 2.45) is 50.2 Å². The molecule has 5 aliphatic rings. The van der Waals surface area contributed by atoms with Gasteiger partial charge in [-0.05, 0) is 80.1 Å². The molecule has 3 saturated carbocycles. The van der Waals surface area contributed by atoms with Gasteiger partial charge in [-0.15, -0.1) is 0 Å². The molecule has 0 bridgehead atoms. The molecule has 8 nitrogen and oxygen atoms in total. The van der Waals surface area contributed by atoms with E-state index in [0.29, 0.717) is 13.0 Å². The number of hydrogen-bond donors (Lipinski definition) is 2. The van der Waals surface area contributed by atoms with E-state index >= 15 is 0 Å². The molecule has 0 spiro atoms. The van der Waals surface area contributed by atoms with Crippen LogP contribution in [0.5, 0.6) is 0 Å². The molecule has 5 aliphatic carbocycles. The third kappa shape index (κ3) is 4.25. The Labute approximate surface area is 267 Å². The molecule has 1 amide bonds. The number of imidazole rings is 1. The van der Waals surface area contributed by atoms with E-state index in [9.17, 15) is 24.8 Å². The molecule has 1 aromatic heterocycles. The topological polar surface area (TPSA) is 125 Å². The van der Waals surface area contributed by atoms with Gasteiger partial charge in [-0.25, -0.2) is 4.98 Å². The van der Waals surface area contributed by atoms with Gasteiger partial charge in [-0.2, -0.15) is 5.26 Å². The lowest BCUT2D eigenvalue weighted by atomic mass is 9.34. The molecule has 0 saturated heterocycles.